The Balaban J connectivity index is 0.799. The second-order valence-corrected chi connectivity index (χ2v) is 22.8. The van der Waals surface area contributed by atoms with Gasteiger partial charge in [-0.2, -0.15) is 0 Å². The molecule has 3 N–H and O–H groups in total. The average molecular weight is 1090 g/mol. The van der Waals surface area contributed by atoms with E-state index in [0.717, 1.165) is 85.8 Å². The Labute approximate surface area is 468 Å². The smallest absolute Gasteiger partial charge is 0.255 e. The van der Waals surface area contributed by atoms with Gasteiger partial charge in [0.1, 0.15) is 24.4 Å². The van der Waals surface area contributed by atoms with Crippen LogP contribution in [-0.2, 0) is 38.8 Å². The summed E-state index contributed by atoms with van der Waals surface area (Å²) in [6.07, 6.45) is 2.35. The minimum absolute atomic E-state index is 0.112. The summed E-state index contributed by atoms with van der Waals surface area (Å²) in [7, 11) is 0. The number of nitrogens with zero attached hydrogens (tertiary/aromatic N) is 4. The number of pyridine rings is 1. The van der Waals surface area contributed by atoms with Gasteiger partial charge in [-0.05, 0) is 147 Å². The molecule has 79 heavy (non-hydrogen) atoms. The molecule has 0 aliphatic carbocycles. The molecule has 15 nitrogen and oxygen atoms in total. The maximum atomic E-state index is 14.6. The minimum atomic E-state index is -0.757. The fraction of sp³-hybridized carbons (Fsp3) is 0.429. The molecule has 2 fully saturated rings. The zero-order valence-corrected chi connectivity index (χ0v) is 47.9. The van der Waals surface area contributed by atoms with Crippen LogP contribution in [0.15, 0.2) is 95.2 Å². The molecule has 16 heteroatoms. The van der Waals surface area contributed by atoms with Crippen LogP contribution in [0, 0.1) is 39.5 Å². The molecule has 4 amide bonds. The van der Waals surface area contributed by atoms with Gasteiger partial charge in [0.2, 0.25) is 11.8 Å². The molecule has 5 heterocycles. The summed E-state index contributed by atoms with van der Waals surface area (Å²) in [6, 6.07) is 26.4. The van der Waals surface area contributed by atoms with E-state index >= 15 is 0 Å². The van der Waals surface area contributed by atoms with Gasteiger partial charge in [-0.25, -0.2) is 4.98 Å². The zero-order chi connectivity index (χ0) is 56.1. The fourth-order valence-electron chi connectivity index (χ4n) is 11.6. The number of carbonyl (C=O) groups is 4. The highest BCUT2D eigenvalue weighted by Crippen LogP contribution is 2.36. The number of aromatic nitrogens is 2. The summed E-state index contributed by atoms with van der Waals surface area (Å²) >= 11 is 1.60. The molecular weight excluding hydrogens is 1010 g/mol. The van der Waals surface area contributed by atoms with Crippen molar-refractivity contribution in [2.75, 3.05) is 44.4 Å². The minimum Gasteiger partial charge on any atom is -0.491 e. The Morgan fingerprint density at radius 2 is 1.63 bits per heavy atom. The Hall–Kier alpha value is -7.14. The largest absolute Gasteiger partial charge is 0.491 e. The van der Waals surface area contributed by atoms with Crippen LogP contribution in [0.2, 0.25) is 0 Å². The second kappa shape index (κ2) is 24.9. The number of hydrogen-bond acceptors (Lipinski definition) is 11. The van der Waals surface area contributed by atoms with Gasteiger partial charge in [0.05, 0.1) is 35.3 Å². The van der Waals surface area contributed by atoms with Crippen molar-refractivity contribution in [3.8, 4) is 27.3 Å². The summed E-state index contributed by atoms with van der Waals surface area (Å²) in [5.41, 5.74) is 13.4. The number of likely N-dealkylation sites (tertiary alicyclic amines) is 1. The van der Waals surface area contributed by atoms with Crippen molar-refractivity contribution < 1.29 is 33.4 Å². The summed E-state index contributed by atoms with van der Waals surface area (Å²) in [5, 5.41) is 6.22. The number of anilines is 1. The SMILES string of the molecule is CCN(c1cc(-c2ccc(COCCOc3ccc4c(c3)C(=O)N([C@H](C(=O)N3C[C@H](C)C[C@H]3C(=O)N[C@@H](C)c3ccc(-c5scnc5C)cc3)C(C)C)C4)cc2)cc(C(=O)NCc2c(C)cc(C)[nH]c2=O)c1C)C1CCOCC1. The topological polar surface area (TPSA) is 176 Å². The normalized spacial score (nSPS) is 17.2. The van der Waals surface area contributed by atoms with E-state index in [0.29, 0.717) is 61.8 Å². The van der Waals surface area contributed by atoms with Gasteiger partial charge in [-0.1, -0.05) is 75.4 Å². The molecule has 0 saturated carbocycles. The van der Waals surface area contributed by atoms with Gasteiger partial charge >= 0.3 is 0 Å². The van der Waals surface area contributed by atoms with Gasteiger partial charge in [0.25, 0.3) is 17.4 Å². The third-order valence-corrected chi connectivity index (χ3v) is 16.9. The van der Waals surface area contributed by atoms with Crippen LogP contribution < -0.4 is 25.8 Å². The molecule has 4 atom stereocenters. The summed E-state index contributed by atoms with van der Waals surface area (Å²) in [6.45, 7) is 21.7. The molecule has 2 aromatic heterocycles. The maximum Gasteiger partial charge on any atom is 0.255 e. The highest BCUT2D eigenvalue weighted by atomic mass is 32.1. The number of H-pyrrole nitrogens is 1. The van der Waals surface area contributed by atoms with Crippen LogP contribution in [0.4, 0.5) is 5.69 Å². The lowest BCUT2D eigenvalue weighted by Crippen LogP contribution is -2.55. The van der Waals surface area contributed by atoms with Crippen LogP contribution in [0.1, 0.15) is 125 Å². The lowest BCUT2D eigenvalue weighted by molar-refractivity contribution is -0.143. The molecule has 0 unspecified atom stereocenters. The number of rotatable bonds is 20. The third-order valence-electron chi connectivity index (χ3n) is 15.9. The van der Waals surface area contributed by atoms with Crippen molar-refractivity contribution in [3.63, 3.8) is 0 Å². The number of amides is 4. The number of thiazole rings is 1. The van der Waals surface area contributed by atoms with Crippen molar-refractivity contribution in [1.82, 2.24) is 30.4 Å². The molecule has 2 saturated heterocycles. The number of aromatic amines is 1. The van der Waals surface area contributed by atoms with Crippen LogP contribution in [-0.4, -0.2) is 101 Å². The predicted molar refractivity (Wildman–Crippen MR) is 309 cm³/mol. The molecule has 4 aromatic carbocycles. The number of aryl methyl sites for hydroxylation is 3. The van der Waals surface area contributed by atoms with Crippen LogP contribution in [0.3, 0.4) is 0 Å². The van der Waals surface area contributed by atoms with E-state index in [1.165, 1.54) is 0 Å². The van der Waals surface area contributed by atoms with E-state index in [2.05, 4.69) is 57.5 Å². The number of benzene rings is 4. The van der Waals surface area contributed by atoms with E-state index in [1.54, 1.807) is 27.2 Å². The summed E-state index contributed by atoms with van der Waals surface area (Å²) < 4.78 is 17.9. The van der Waals surface area contributed by atoms with Gasteiger partial charge < -0.3 is 44.5 Å². The van der Waals surface area contributed by atoms with E-state index < -0.39 is 12.1 Å². The molecule has 9 rings (SSSR count). The van der Waals surface area contributed by atoms with Gasteiger partial charge in [-0.15, -0.1) is 11.3 Å². The first-order valence-corrected chi connectivity index (χ1v) is 28.7. The molecule has 6 aromatic rings. The lowest BCUT2D eigenvalue weighted by atomic mass is 9.94. The van der Waals surface area contributed by atoms with Crippen molar-refractivity contribution in [2.45, 2.75) is 125 Å². The summed E-state index contributed by atoms with van der Waals surface area (Å²) in [5.74, 6) is -0.447. The Kier molecular flexibility index (Phi) is 17.8. The third kappa shape index (κ3) is 12.7. The van der Waals surface area contributed by atoms with E-state index in [9.17, 15) is 24.0 Å². The van der Waals surface area contributed by atoms with Crippen molar-refractivity contribution in [3.05, 3.63) is 157 Å². The molecule has 0 radical (unpaired) electrons. The van der Waals surface area contributed by atoms with Crippen LogP contribution in [0.5, 0.6) is 5.75 Å². The lowest BCUT2D eigenvalue weighted by Gasteiger charge is -2.37. The Morgan fingerprint density at radius 1 is 0.899 bits per heavy atom. The van der Waals surface area contributed by atoms with Crippen LogP contribution in [0.25, 0.3) is 21.6 Å². The number of hydrogen-bond donors (Lipinski definition) is 3. The molecular formula is C63H75N7O8S. The standard InChI is InChI=1S/C63H75N7O8S/c1-10-68(50-21-23-76-24-22-50)55-30-49(29-52(41(55)7)59(71)64-32-54-39(5)28-40(6)66-60(54)72)46-13-11-44(12-14-46)35-77-25-26-78-51-20-19-48-34-70(62(74)53(48)31-51)57(37(2)3)63(75)69-33-38(4)27-56(69)61(73)67-42(8)45-15-17-47(18-16-45)58-43(9)65-36-79-58/h11-20,28-31,36-38,42,50,56-57H,10,21-27,32-35H2,1-9H3,(H,64,71)(H,66,72)(H,67,73)/t38-,42+,56+,57+/m1/s1. The zero-order valence-electron chi connectivity index (χ0n) is 47.1. The maximum absolute atomic E-state index is 14.6. The fourth-order valence-corrected chi connectivity index (χ4v) is 12.4. The first-order valence-electron chi connectivity index (χ1n) is 27.8. The summed E-state index contributed by atoms with van der Waals surface area (Å²) in [4.78, 5) is 83.8. The quantitative estimate of drug-likeness (QED) is 0.0624. The van der Waals surface area contributed by atoms with Gasteiger partial charge in [0, 0.05) is 73.5 Å². The monoisotopic (exact) mass is 1090 g/mol. The number of ether oxygens (including phenoxy) is 3. The van der Waals surface area contributed by atoms with E-state index in [4.69, 9.17) is 14.2 Å². The first-order chi connectivity index (χ1) is 38.0. The van der Waals surface area contributed by atoms with Crippen molar-refractivity contribution in [1.29, 1.82) is 0 Å². The highest BCUT2D eigenvalue weighted by Gasteiger charge is 2.45. The molecule has 3 aliphatic rings. The number of fused-ring (bicyclic) bond motifs is 1. The van der Waals surface area contributed by atoms with E-state index in [1.807, 2.05) is 115 Å². The van der Waals surface area contributed by atoms with Gasteiger partial charge in [-0.3, -0.25) is 24.0 Å². The molecule has 0 spiro atoms. The number of nitrogens with one attached hydrogen (secondary N) is 3. The van der Waals surface area contributed by atoms with Crippen LogP contribution >= 0.6 is 11.3 Å². The number of carbonyl (C=O) groups excluding carboxylic acids is 4. The molecule has 0 bridgehead atoms. The highest BCUT2D eigenvalue weighted by molar-refractivity contribution is 7.13. The molecule has 3 aliphatic heterocycles. The Bertz CT molecular complexity index is 3240. The first kappa shape index (κ1) is 56.6. The molecule has 416 valence electrons. The second-order valence-electron chi connectivity index (χ2n) is 21.9. The Morgan fingerprint density at radius 3 is 2.32 bits per heavy atom. The van der Waals surface area contributed by atoms with Crippen molar-refractivity contribution >= 4 is 40.7 Å². The average Bonchev–Trinajstić information content (AvgIpc) is 4.19. The van der Waals surface area contributed by atoms with Crippen molar-refractivity contribution in [2.24, 2.45) is 11.8 Å². The van der Waals surface area contributed by atoms with Gasteiger partial charge in [0.15, 0.2) is 0 Å². The predicted octanol–water partition coefficient (Wildman–Crippen LogP) is 10.0. The van der Waals surface area contributed by atoms with E-state index in [-0.39, 0.29) is 72.8 Å².